The number of guanidine groups is 1. The molecule has 0 aliphatic carbocycles. The monoisotopic (exact) mass is 301 g/mol. The average molecular weight is 301 g/mol. The Kier molecular flexibility index (Phi) is 4.77. The molecule has 2 rings (SSSR count). The second-order valence-electron chi connectivity index (χ2n) is 4.64. The molecule has 7 nitrogen and oxygen atoms in total. The van der Waals surface area contributed by atoms with Gasteiger partial charge in [0.2, 0.25) is 5.96 Å². The van der Waals surface area contributed by atoms with Crippen molar-refractivity contribution in [3.8, 4) is 11.5 Å². The first-order valence-electron chi connectivity index (χ1n) is 6.67. The molecule has 7 heteroatoms. The van der Waals surface area contributed by atoms with Gasteiger partial charge in [0.05, 0.1) is 14.2 Å². The second kappa shape index (κ2) is 6.75. The van der Waals surface area contributed by atoms with Gasteiger partial charge in [-0.25, -0.2) is 9.97 Å². The van der Waals surface area contributed by atoms with E-state index in [2.05, 4.69) is 20.3 Å². The normalized spacial score (nSPS) is 11.2. The van der Waals surface area contributed by atoms with Crippen LogP contribution in [0.2, 0.25) is 0 Å². The van der Waals surface area contributed by atoms with E-state index in [-0.39, 0.29) is 5.96 Å². The van der Waals surface area contributed by atoms with Crippen LogP contribution in [0.25, 0.3) is 0 Å². The molecule has 22 heavy (non-hydrogen) atoms. The van der Waals surface area contributed by atoms with Crippen LogP contribution in [-0.4, -0.2) is 30.1 Å². The summed E-state index contributed by atoms with van der Waals surface area (Å²) in [4.78, 5) is 12.6. The first-order valence-corrected chi connectivity index (χ1v) is 6.67. The molecule has 0 spiro atoms. The van der Waals surface area contributed by atoms with Crippen molar-refractivity contribution in [2.24, 2.45) is 10.7 Å². The third kappa shape index (κ3) is 3.85. The molecule has 1 heterocycles. The fourth-order valence-corrected chi connectivity index (χ4v) is 1.95. The molecule has 116 valence electrons. The Morgan fingerprint density at radius 1 is 1.05 bits per heavy atom. The van der Waals surface area contributed by atoms with E-state index in [0.29, 0.717) is 17.4 Å². The number of nitrogens with one attached hydrogen (secondary N) is 1. The number of methoxy groups -OCH3 is 2. The standard InChI is InChI=1S/C15H19N5O2/c1-9-7-10(2)18-15(17-9)20-14(16)19-11-5-6-12(21-3)13(8-11)22-4/h5-8H,1-4H3,(H3,16,17,18,19,20). The average Bonchev–Trinajstić information content (AvgIpc) is 2.45. The molecule has 0 atom stereocenters. The van der Waals surface area contributed by atoms with Gasteiger partial charge in [-0.2, -0.15) is 4.99 Å². The summed E-state index contributed by atoms with van der Waals surface area (Å²) in [6.07, 6.45) is 0. The summed E-state index contributed by atoms with van der Waals surface area (Å²) < 4.78 is 10.4. The highest BCUT2D eigenvalue weighted by Gasteiger charge is 2.06. The summed E-state index contributed by atoms with van der Waals surface area (Å²) in [5.74, 6) is 1.75. The van der Waals surface area contributed by atoms with Gasteiger partial charge in [0, 0.05) is 23.1 Å². The van der Waals surface area contributed by atoms with Crippen LogP contribution >= 0.6 is 0 Å². The molecule has 0 bridgehead atoms. The zero-order chi connectivity index (χ0) is 16.1. The quantitative estimate of drug-likeness (QED) is 0.664. The molecule has 1 aromatic heterocycles. The maximum Gasteiger partial charge on any atom is 0.253 e. The van der Waals surface area contributed by atoms with Gasteiger partial charge in [-0.3, -0.25) is 0 Å². The molecule has 0 saturated heterocycles. The van der Waals surface area contributed by atoms with Crippen molar-refractivity contribution in [2.75, 3.05) is 19.5 Å². The minimum Gasteiger partial charge on any atom is -0.493 e. The van der Waals surface area contributed by atoms with Crippen molar-refractivity contribution >= 4 is 17.6 Å². The zero-order valence-corrected chi connectivity index (χ0v) is 13.0. The fourth-order valence-electron chi connectivity index (χ4n) is 1.95. The van der Waals surface area contributed by atoms with Crippen LogP contribution in [0.4, 0.5) is 11.6 Å². The van der Waals surface area contributed by atoms with E-state index in [9.17, 15) is 0 Å². The number of benzene rings is 1. The molecule has 2 aromatic rings. The maximum absolute atomic E-state index is 5.89. The van der Waals surface area contributed by atoms with E-state index >= 15 is 0 Å². The number of aryl methyl sites for hydroxylation is 2. The summed E-state index contributed by atoms with van der Waals surface area (Å²) in [7, 11) is 3.15. The number of rotatable bonds is 4. The van der Waals surface area contributed by atoms with Crippen molar-refractivity contribution in [2.45, 2.75) is 13.8 Å². The minimum absolute atomic E-state index is 0.192. The molecule has 0 unspecified atom stereocenters. The molecule has 0 aliphatic heterocycles. The first kappa shape index (κ1) is 15.6. The van der Waals surface area contributed by atoms with E-state index in [1.807, 2.05) is 26.0 Å². The van der Waals surface area contributed by atoms with Crippen molar-refractivity contribution < 1.29 is 9.47 Å². The molecular formula is C15H19N5O2. The topological polar surface area (TPSA) is 94.7 Å². The van der Waals surface area contributed by atoms with E-state index in [0.717, 1.165) is 17.1 Å². The van der Waals surface area contributed by atoms with Gasteiger partial charge in [-0.1, -0.05) is 0 Å². The van der Waals surface area contributed by atoms with Crippen LogP contribution in [0.3, 0.4) is 0 Å². The lowest BCUT2D eigenvalue weighted by Crippen LogP contribution is -2.22. The Bertz CT molecular complexity index is 680. The van der Waals surface area contributed by atoms with Crippen molar-refractivity contribution in [1.29, 1.82) is 0 Å². The van der Waals surface area contributed by atoms with E-state index in [1.165, 1.54) is 0 Å². The minimum atomic E-state index is 0.192. The third-order valence-electron chi connectivity index (χ3n) is 2.85. The zero-order valence-electron chi connectivity index (χ0n) is 13.0. The number of hydrogen-bond acceptors (Lipinski definition) is 5. The molecule has 1 aromatic carbocycles. The van der Waals surface area contributed by atoms with Gasteiger partial charge in [-0.15, -0.1) is 0 Å². The largest absolute Gasteiger partial charge is 0.493 e. The fraction of sp³-hybridized carbons (Fsp3) is 0.267. The predicted molar refractivity (Wildman–Crippen MR) is 86.0 cm³/mol. The van der Waals surface area contributed by atoms with Crippen LogP contribution in [-0.2, 0) is 0 Å². The van der Waals surface area contributed by atoms with Crippen LogP contribution in [0, 0.1) is 13.8 Å². The maximum atomic E-state index is 5.89. The van der Waals surface area contributed by atoms with Crippen LogP contribution < -0.4 is 20.5 Å². The second-order valence-corrected chi connectivity index (χ2v) is 4.64. The number of nitrogens with zero attached hydrogens (tertiary/aromatic N) is 3. The van der Waals surface area contributed by atoms with E-state index in [4.69, 9.17) is 15.2 Å². The molecular weight excluding hydrogens is 282 g/mol. The van der Waals surface area contributed by atoms with Crippen molar-refractivity contribution in [3.63, 3.8) is 0 Å². The van der Waals surface area contributed by atoms with Gasteiger partial charge in [0.15, 0.2) is 11.5 Å². The highest BCUT2D eigenvalue weighted by molar-refractivity contribution is 5.93. The number of hydrogen-bond donors (Lipinski definition) is 2. The van der Waals surface area contributed by atoms with Crippen molar-refractivity contribution in [3.05, 3.63) is 35.7 Å². The number of aliphatic imine (C=N–C) groups is 1. The predicted octanol–water partition coefficient (Wildman–Crippen LogP) is 2.17. The number of nitrogens with two attached hydrogens (primary N) is 1. The Hall–Kier alpha value is -2.83. The molecule has 0 amide bonds. The number of anilines is 1. The first-order chi connectivity index (χ1) is 10.5. The van der Waals surface area contributed by atoms with Gasteiger partial charge in [0.1, 0.15) is 0 Å². The summed E-state index contributed by atoms with van der Waals surface area (Å²) in [6, 6.07) is 7.23. The Labute approximate surface area is 129 Å². The van der Waals surface area contributed by atoms with Gasteiger partial charge < -0.3 is 20.5 Å². The lowest BCUT2D eigenvalue weighted by Gasteiger charge is -2.10. The Morgan fingerprint density at radius 3 is 2.27 bits per heavy atom. The number of ether oxygens (including phenoxy) is 2. The highest BCUT2D eigenvalue weighted by atomic mass is 16.5. The highest BCUT2D eigenvalue weighted by Crippen LogP contribution is 2.29. The lowest BCUT2D eigenvalue weighted by atomic mass is 10.3. The van der Waals surface area contributed by atoms with E-state index in [1.54, 1.807) is 26.4 Å². The van der Waals surface area contributed by atoms with Gasteiger partial charge >= 0.3 is 0 Å². The Balaban J connectivity index is 2.20. The van der Waals surface area contributed by atoms with Gasteiger partial charge in [0.25, 0.3) is 5.95 Å². The summed E-state index contributed by atoms with van der Waals surface area (Å²) in [6.45, 7) is 3.76. The molecule has 3 N–H and O–H groups in total. The third-order valence-corrected chi connectivity index (χ3v) is 2.85. The van der Waals surface area contributed by atoms with Gasteiger partial charge in [-0.05, 0) is 32.0 Å². The molecule has 0 aliphatic rings. The number of aromatic nitrogens is 2. The molecule has 0 radical (unpaired) electrons. The smallest absolute Gasteiger partial charge is 0.253 e. The summed E-state index contributed by atoms with van der Waals surface area (Å²) in [5, 5.41) is 2.97. The summed E-state index contributed by atoms with van der Waals surface area (Å²) >= 11 is 0. The Morgan fingerprint density at radius 2 is 1.68 bits per heavy atom. The van der Waals surface area contributed by atoms with E-state index < -0.39 is 0 Å². The van der Waals surface area contributed by atoms with Crippen molar-refractivity contribution in [1.82, 2.24) is 9.97 Å². The van der Waals surface area contributed by atoms with Crippen LogP contribution in [0.1, 0.15) is 11.4 Å². The summed E-state index contributed by atoms with van der Waals surface area (Å²) in [5.41, 5.74) is 8.29. The van der Waals surface area contributed by atoms with Crippen LogP contribution in [0.15, 0.2) is 29.3 Å². The SMILES string of the molecule is COc1ccc(N/C(N)=N/c2nc(C)cc(C)n2)cc1OC. The molecule has 0 fully saturated rings. The van der Waals surface area contributed by atoms with Crippen LogP contribution in [0.5, 0.6) is 11.5 Å². The lowest BCUT2D eigenvalue weighted by molar-refractivity contribution is 0.355. The molecule has 0 saturated carbocycles.